The summed E-state index contributed by atoms with van der Waals surface area (Å²) >= 11 is 0. The first-order chi connectivity index (χ1) is 11.5. The molecule has 0 radical (unpaired) electrons. The van der Waals surface area contributed by atoms with E-state index in [1.807, 2.05) is 0 Å². The minimum absolute atomic E-state index is 0.148. The van der Waals surface area contributed by atoms with Crippen LogP contribution in [0.4, 0.5) is 0 Å². The van der Waals surface area contributed by atoms with E-state index >= 15 is 0 Å². The van der Waals surface area contributed by atoms with Gasteiger partial charge in [0.15, 0.2) is 12.4 Å². The van der Waals surface area contributed by atoms with Gasteiger partial charge in [0, 0.05) is 0 Å². The highest BCUT2D eigenvalue weighted by atomic mass is 16.6. The van der Waals surface area contributed by atoms with Gasteiger partial charge in [0.05, 0.1) is 18.6 Å². The lowest BCUT2D eigenvalue weighted by atomic mass is 10.2. The predicted molar refractivity (Wildman–Crippen MR) is 86.9 cm³/mol. The molecule has 0 fully saturated rings. The molecule has 0 aliphatic heterocycles. The second kappa shape index (κ2) is 8.52. The lowest BCUT2D eigenvalue weighted by Crippen LogP contribution is -2.18. The van der Waals surface area contributed by atoms with Crippen molar-refractivity contribution in [3.8, 4) is 5.75 Å². The van der Waals surface area contributed by atoms with Crippen LogP contribution in [0, 0.1) is 0 Å². The summed E-state index contributed by atoms with van der Waals surface area (Å²) in [7, 11) is 0. The molecule has 1 aromatic carbocycles. The van der Waals surface area contributed by atoms with E-state index < -0.39 is 11.9 Å². The summed E-state index contributed by atoms with van der Waals surface area (Å²) in [4.78, 5) is 23.0. The average molecular weight is 330 g/mol. The Morgan fingerprint density at radius 1 is 1.25 bits per heavy atom. The standard InChI is InChI=1S/C17H18N2O5/c1-12(2)24-16(20)11-23-14-7-5-13(6-8-14)10-18-19-17(21)15-4-3-9-22-15/h3-10,12H,11H2,1-2H3,(H,19,21)/b18-10+. The van der Waals surface area contributed by atoms with Gasteiger partial charge in [-0.25, -0.2) is 10.2 Å². The molecule has 0 saturated carbocycles. The van der Waals surface area contributed by atoms with Crippen molar-refractivity contribution in [2.75, 3.05) is 6.61 Å². The van der Waals surface area contributed by atoms with Crippen LogP contribution in [-0.4, -0.2) is 30.8 Å². The average Bonchev–Trinajstić information content (AvgIpc) is 3.08. The lowest BCUT2D eigenvalue weighted by molar-refractivity contribution is -0.149. The van der Waals surface area contributed by atoms with Gasteiger partial charge in [-0.05, 0) is 55.8 Å². The molecule has 2 rings (SSSR count). The van der Waals surface area contributed by atoms with Crippen molar-refractivity contribution in [3.05, 3.63) is 54.0 Å². The third kappa shape index (κ3) is 5.60. The molecule has 126 valence electrons. The number of amides is 1. The number of nitrogens with zero attached hydrogens (tertiary/aromatic N) is 1. The predicted octanol–water partition coefficient (Wildman–Crippen LogP) is 2.37. The quantitative estimate of drug-likeness (QED) is 0.478. The minimum atomic E-state index is -0.431. The molecule has 0 spiro atoms. The van der Waals surface area contributed by atoms with Crippen LogP contribution >= 0.6 is 0 Å². The van der Waals surface area contributed by atoms with Crippen molar-refractivity contribution in [1.82, 2.24) is 5.43 Å². The van der Waals surface area contributed by atoms with E-state index in [1.54, 1.807) is 50.2 Å². The van der Waals surface area contributed by atoms with E-state index in [1.165, 1.54) is 12.5 Å². The summed E-state index contributed by atoms with van der Waals surface area (Å²) in [6.45, 7) is 3.40. The Hall–Kier alpha value is -3.09. The van der Waals surface area contributed by atoms with Crippen LogP contribution in [0.15, 0.2) is 52.2 Å². The maximum atomic E-state index is 11.6. The molecule has 7 nitrogen and oxygen atoms in total. The molecule has 0 saturated heterocycles. The number of nitrogens with one attached hydrogen (secondary N) is 1. The molecule has 0 atom stereocenters. The molecule has 0 aliphatic rings. The van der Waals surface area contributed by atoms with Crippen LogP contribution in [0.5, 0.6) is 5.75 Å². The largest absolute Gasteiger partial charge is 0.482 e. The molecule has 7 heteroatoms. The van der Waals surface area contributed by atoms with Crippen LogP contribution in [0.2, 0.25) is 0 Å². The highest BCUT2D eigenvalue weighted by Gasteiger charge is 2.07. The molecular weight excluding hydrogens is 312 g/mol. The van der Waals surface area contributed by atoms with Crippen LogP contribution in [0.1, 0.15) is 30.0 Å². The number of furan rings is 1. The molecule has 0 aliphatic carbocycles. The van der Waals surface area contributed by atoms with Crippen molar-refractivity contribution < 1.29 is 23.5 Å². The van der Waals surface area contributed by atoms with E-state index in [0.717, 1.165) is 5.56 Å². The number of carbonyl (C=O) groups excluding carboxylic acids is 2. The number of rotatable bonds is 7. The lowest BCUT2D eigenvalue weighted by Gasteiger charge is -2.09. The molecule has 0 bridgehead atoms. The number of carbonyl (C=O) groups is 2. The highest BCUT2D eigenvalue weighted by Crippen LogP contribution is 2.11. The van der Waals surface area contributed by atoms with Crippen molar-refractivity contribution >= 4 is 18.1 Å². The number of benzene rings is 1. The molecule has 1 aromatic heterocycles. The number of esters is 1. The van der Waals surface area contributed by atoms with Crippen LogP contribution in [-0.2, 0) is 9.53 Å². The zero-order valence-corrected chi connectivity index (χ0v) is 13.4. The maximum Gasteiger partial charge on any atom is 0.344 e. The summed E-state index contributed by atoms with van der Waals surface area (Å²) in [6, 6.07) is 10.0. The van der Waals surface area contributed by atoms with E-state index in [-0.39, 0.29) is 18.5 Å². The van der Waals surface area contributed by atoms with Crippen molar-refractivity contribution in [1.29, 1.82) is 0 Å². The first-order valence-corrected chi connectivity index (χ1v) is 7.34. The van der Waals surface area contributed by atoms with Crippen LogP contribution < -0.4 is 10.2 Å². The van der Waals surface area contributed by atoms with Gasteiger partial charge in [0.1, 0.15) is 5.75 Å². The Morgan fingerprint density at radius 2 is 2.00 bits per heavy atom. The molecule has 0 unspecified atom stereocenters. The molecule has 2 aromatic rings. The first kappa shape index (κ1) is 17.3. The van der Waals surface area contributed by atoms with Crippen molar-refractivity contribution in [3.63, 3.8) is 0 Å². The zero-order valence-electron chi connectivity index (χ0n) is 13.4. The fraction of sp³-hybridized carbons (Fsp3) is 0.235. The summed E-state index contributed by atoms with van der Waals surface area (Å²) < 4.78 is 15.2. The second-order valence-corrected chi connectivity index (χ2v) is 5.07. The van der Waals surface area contributed by atoms with Crippen LogP contribution in [0.3, 0.4) is 0 Å². The highest BCUT2D eigenvalue weighted by molar-refractivity contribution is 5.92. The zero-order chi connectivity index (χ0) is 17.4. The van der Waals surface area contributed by atoms with E-state index in [4.69, 9.17) is 13.9 Å². The smallest absolute Gasteiger partial charge is 0.344 e. The SMILES string of the molecule is CC(C)OC(=O)COc1ccc(/C=N/NC(=O)c2ccco2)cc1. The Morgan fingerprint density at radius 3 is 2.62 bits per heavy atom. The third-order valence-electron chi connectivity index (χ3n) is 2.73. The van der Waals surface area contributed by atoms with Crippen molar-refractivity contribution in [2.24, 2.45) is 5.10 Å². The van der Waals surface area contributed by atoms with Gasteiger partial charge in [0.2, 0.25) is 0 Å². The van der Waals surface area contributed by atoms with Crippen molar-refractivity contribution in [2.45, 2.75) is 20.0 Å². The second-order valence-electron chi connectivity index (χ2n) is 5.07. The Kier molecular flexibility index (Phi) is 6.13. The van der Waals surface area contributed by atoms with Gasteiger partial charge < -0.3 is 13.9 Å². The Bertz CT molecular complexity index is 690. The monoisotopic (exact) mass is 330 g/mol. The van der Waals surface area contributed by atoms with Gasteiger partial charge in [-0.1, -0.05) is 0 Å². The molecule has 1 amide bonds. The summed E-state index contributed by atoms with van der Waals surface area (Å²) in [5.74, 6) is -0.132. The van der Waals surface area contributed by atoms with Gasteiger partial charge in [-0.15, -0.1) is 0 Å². The normalized spacial score (nSPS) is 10.8. The number of hydrogen-bond donors (Lipinski definition) is 1. The maximum absolute atomic E-state index is 11.6. The number of hydrazone groups is 1. The fourth-order valence-electron chi connectivity index (χ4n) is 1.72. The van der Waals surface area contributed by atoms with Crippen LogP contribution in [0.25, 0.3) is 0 Å². The van der Waals surface area contributed by atoms with E-state index in [9.17, 15) is 9.59 Å². The molecule has 1 N–H and O–H groups in total. The molecular formula is C17H18N2O5. The summed E-state index contributed by atoms with van der Waals surface area (Å²) in [6.07, 6.45) is 2.72. The van der Waals surface area contributed by atoms with Gasteiger partial charge in [0.25, 0.3) is 0 Å². The third-order valence-corrected chi connectivity index (χ3v) is 2.73. The number of ether oxygens (including phenoxy) is 2. The summed E-state index contributed by atoms with van der Waals surface area (Å²) in [5.41, 5.74) is 3.11. The Labute approximate surface area is 139 Å². The Balaban J connectivity index is 1.80. The topological polar surface area (TPSA) is 90.1 Å². The van der Waals surface area contributed by atoms with Gasteiger partial charge in [-0.2, -0.15) is 5.10 Å². The molecule has 24 heavy (non-hydrogen) atoms. The van der Waals surface area contributed by atoms with E-state index in [2.05, 4.69) is 10.5 Å². The molecule has 1 heterocycles. The first-order valence-electron chi connectivity index (χ1n) is 7.34. The fourth-order valence-corrected chi connectivity index (χ4v) is 1.72. The van der Waals surface area contributed by atoms with Gasteiger partial charge >= 0.3 is 11.9 Å². The summed E-state index contributed by atoms with van der Waals surface area (Å²) in [5, 5.41) is 3.83. The minimum Gasteiger partial charge on any atom is -0.482 e. The van der Waals surface area contributed by atoms with Gasteiger partial charge in [-0.3, -0.25) is 4.79 Å². The van der Waals surface area contributed by atoms with E-state index in [0.29, 0.717) is 5.75 Å². The number of hydrogen-bond acceptors (Lipinski definition) is 6.